The Kier molecular flexibility index (Phi) is 7.32. The molecule has 0 bridgehead atoms. The number of nitrogens with zero attached hydrogens (tertiary/aromatic N) is 2. The maximum Gasteiger partial charge on any atom is 0.193 e. The van der Waals surface area contributed by atoms with Crippen molar-refractivity contribution >= 4 is 5.96 Å². The topological polar surface area (TPSA) is 46.1 Å². The Morgan fingerprint density at radius 2 is 2.15 bits per heavy atom. The lowest BCUT2D eigenvalue weighted by Gasteiger charge is -2.25. The van der Waals surface area contributed by atoms with Gasteiger partial charge in [-0.3, -0.25) is 4.99 Å². The van der Waals surface area contributed by atoms with E-state index in [-0.39, 0.29) is 0 Å². The van der Waals surface area contributed by atoms with Crippen LogP contribution < -0.4 is 5.32 Å². The number of ether oxygens (including phenoxy) is 2. The third-order valence-electron chi connectivity index (χ3n) is 5.34. The summed E-state index contributed by atoms with van der Waals surface area (Å²) in [6.45, 7) is 9.40. The smallest absolute Gasteiger partial charge is 0.193 e. The molecule has 0 radical (unpaired) electrons. The quantitative estimate of drug-likeness (QED) is 0.440. The number of likely N-dealkylation sites (tertiary alicyclic amines) is 1. The van der Waals surface area contributed by atoms with Gasteiger partial charge in [0.15, 0.2) is 5.96 Å². The van der Waals surface area contributed by atoms with E-state index in [4.69, 9.17) is 14.5 Å². The van der Waals surface area contributed by atoms with Crippen molar-refractivity contribution in [1.82, 2.24) is 10.2 Å². The lowest BCUT2D eigenvalue weighted by molar-refractivity contribution is 0.136. The van der Waals surface area contributed by atoms with Crippen molar-refractivity contribution in [3.63, 3.8) is 0 Å². The van der Waals surface area contributed by atoms with E-state index in [0.717, 1.165) is 71.4 Å². The summed E-state index contributed by atoms with van der Waals surface area (Å²) in [4.78, 5) is 7.23. The largest absolute Gasteiger partial charge is 0.381 e. The summed E-state index contributed by atoms with van der Waals surface area (Å²) < 4.78 is 11.4. The van der Waals surface area contributed by atoms with Crippen LogP contribution in [0.25, 0.3) is 0 Å². The zero-order valence-corrected chi connectivity index (χ0v) is 16.1. The number of hydrogen-bond acceptors (Lipinski definition) is 3. The van der Waals surface area contributed by atoms with Crippen LogP contribution in [0.2, 0.25) is 0 Å². The average molecular weight is 360 g/mol. The van der Waals surface area contributed by atoms with Crippen LogP contribution in [0.15, 0.2) is 35.3 Å². The Morgan fingerprint density at radius 1 is 1.27 bits per heavy atom. The van der Waals surface area contributed by atoms with Gasteiger partial charge in [0.05, 0.1) is 13.2 Å². The lowest BCUT2D eigenvalue weighted by Crippen LogP contribution is -2.41. The molecule has 2 aliphatic heterocycles. The molecule has 5 heteroatoms. The summed E-state index contributed by atoms with van der Waals surface area (Å²) in [6, 6.07) is 10.5. The molecule has 0 amide bonds. The second-order valence-electron chi connectivity index (χ2n) is 7.41. The highest BCUT2D eigenvalue weighted by atomic mass is 16.5. The number of hydrogen-bond donors (Lipinski definition) is 1. The van der Waals surface area contributed by atoms with Crippen LogP contribution in [0.1, 0.15) is 31.7 Å². The molecule has 2 heterocycles. The highest BCUT2D eigenvalue weighted by Crippen LogP contribution is 2.38. The Morgan fingerprint density at radius 3 is 2.92 bits per heavy atom. The first-order valence-corrected chi connectivity index (χ1v) is 10.0. The van der Waals surface area contributed by atoms with Crippen molar-refractivity contribution in [2.24, 2.45) is 10.4 Å². The highest BCUT2D eigenvalue weighted by molar-refractivity contribution is 5.80. The van der Waals surface area contributed by atoms with Gasteiger partial charge in [-0.25, -0.2) is 0 Å². The molecule has 0 aromatic heterocycles. The van der Waals surface area contributed by atoms with E-state index in [9.17, 15) is 0 Å². The second kappa shape index (κ2) is 9.93. The second-order valence-corrected chi connectivity index (χ2v) is 7.41. The van der Waals surface area contributed by atoms with Crippen LogP contribution in [0.5, 0.6) is 0 Å². The minimum Gasteiger partial charge on any atom is -0.381 e. The predicted molar refractivity (Wildman–Crippen MR) is 106 cm³/mol. The van der Waals surface area contributed by atoms with Gasteiger partial charge in [-0.1, -0.05) is 30.3 Å². The van der Waals surface area contributed by atoms with Crippen LogP contribution in [-0.4, -0.2) is 63.5 Å². The fourth-order valence-electron chi connectivity index (χ4n) is 3.80. The summed E-state index contributed by atoms with van der Waals surface area (Å²) in [5.41, 5.74) is 1.70. The van der Waals surface area contributed by atoms with Crippen molar-refractivity contribution in [3.8, 4) is 0 Å². The molecule has 144 valence electrons. The van der Waals surface area contributed by atoms with Crippen LogP contribution in [0.4, 0.5) is 0 Å². The van der Waals surface area contributed by atoms with Gasteiger partial charge in [0.2, 0.25) is 0 Å². The van der Waals surface area contributed by atoms with E-state index in [0.29, 0.717) is 5.41 Å². The Balaban J connectivity index is 1.35. The Hall–Kier alpha value is -1.59. The van der Waals surface area contributed by atoms with Crippen LogP contribution >= 0.6 is 0 Å². The molecule has 0 aliphatic carbocycles. The van der Waals surface area contributed by atoms with E-state index in [2.05, 4.69) is 41.4 Å². The molecule has 1 spiro atoms. The van der Waals surface area contributed by atoms with Crippen molar-refractivity contribution in [2.75, 3.05) is 52.6 Å². The van der Waals surface area contributed by atoms with E-state index >= 15 is 0 Å². The minimum absolute atomic E-state index is 0.372. The molecule has 1 atom stereocenters. The normalized spacial score (nSPS) is 23.1. The van der Waals surface area contributed by atoms with Gasteiger partial charge in [-0.15, -0.1) is 0 Å². The molecule has 2 fully saturated rings. The Labute approximate surface area is 157 Å². The third-order valence-corrected chi connectivity index (χ3v) is 5.34. The molecule has 3 rings (SSSR count). The molecule has 2 saturated heterocycles. The standard InChI is InChI=1S/C21H33N3O2/c1-2-22-20(24-13-10-21(17-24)11-16-26-18-21)23-12-6-14-25-15-9-19-7-4-3-5-8-19/h3-5,7-8H,2,6,9-18H2,1H3,(H,22,23). The first-order chi connectivity index (χ1) is 12.8. The zero-order valence-electron chi connectivity index (χ0n) is 16.1. The molecular formula is C21H33N3O2. The van der Waals surface area contributed by atoms with Crippen molar-refractivity contribution in [2.45, 2.75) is 32.6 Å². The highest BCUT2D eigenvalue weighted by Gasteiger charge is 2.42. The van der Waals surface area contributed by atoms with Crippen LogP contribution in [0, 0.1) is 5.41 Å². The maximum absolute atomic E-state index is 5.76. The number of benzene rings is 1. The van der Waals surface area contributed by atoms with Gasteiger partial charge in [0, 0.05) is 44.8 Å². The lowest BCUT2D eigenvalue weighted by atomic mass is 9.87. The summed E-state index contributed by atoms with van der Waals surface area (Å²) in [7, 11) is 0. The molecule has 1 unspecified atom stereocenters. The van der Waals surface area contributed by atoms with Gasteiger partial charge in [-0.2, -0.15) is 0 Å². The van der Waals surface area contributed by atoms with Gasteiger partial charge in [-0.05, 0) is 38.2 Å². The van der Waals surface area contributed by atoms with Crippen molar-refractivity contribution < 1.29 is 9.47 Å². The van der Waals surface area contributed by atoms with Gasteiger partial charge in [0.1, 0.15) is 0 Å². The molecule has 2 aliphatic rings. The molecular weight excluding hydrogens is 326 g/mol. The van der Waals surface area contributed by atoms with E-state index < -0.39 is 0 Å². The summed E-state index contributed by atoms with van der Waals surface area (Å²) in [5.74, 6) is 1.06. The Bertz CT molecular complexity index is 556. The molecule has 26 heavy (non-hydrogen) atoms. The van der Waals surface area contributed by atoms with Gasteiger partial charge in [0.25, 0.3) is 0 Å². The third kappa shape index (κ3) is 5.45. The predicted octanol–water partition coefficient (Wildman–Crippen LogP) is 2.71. The summed E-state index contributed by atoms with van der Waals surface area (Å²) in [6.07, 6.45) is 4.36. The van der Waals surface area contributed by atoms with Crippen LogP contribution in [0.3, 0.4) is 0 Å². The maximum atomic E-state index is 5.76. The first-order valence-electron chi connectivity index (χ1n) is 10.0. The first kappa shape index (κ1) is 19.2. The van der Waals surface area contributed by atoms with Crippen molar-refractivity contribution in [3.05, 3.63) is 35.9 Å². The van der Waals surface area contributed by atoms with Crippen molar-refractivity contribution in [1.29, 1.82) is 0 Å². The molecule has 5 nitrogen and oxygen atoms in total. The van der Waals surface area contributed by atoms with E-state index in [1.807, 2.05) is 6.07 Å². The molecule has 1 aromatic carbocycles. The van der Waals surface area contributed by atoms with Crippen LogP contribution in [-0.2, 0) is 15.9 Å². The molecule has 1 aromatic rings. The van der Waals surface area contributed by atoms with E-state index in [1.165, 1.54) is 18.4 Å². The number of nitrogens with one attached hydrogen (secondary N) is 1. The average Bonchev–Trinajstić information content (AvgIpc) is 3.31. The van der Waals surface area contributed by atoms with E-state index in [1.54, 1.807) is 0 Å². The number of guanidine groups is 1. The fourth-order valence-corrected chi connectivity index (χ4v) is 3.80. The number of rotatable bonds is 8. The molecule has 1 N–H and O–H groups in total. The molecule has 0 saturated carbocycles. The zero-order chi connectivity index (χ0) is 18.1. The summed E-state index contributed by atoms with van der Waals surface area (Å²) in [5, 5.41) is 3.45. The van der Waals surface area contributed by atoms with Gasteiger partial charge >= 0.3 is 0 Å². The SMILES string of the molecule is CCNC(=NCCCOCCc1ccccc1)N1CCC2(CCOC2)C1. The fraction of sp³-hybridized carbons (Fsp3) is 0.667. The monoisotopic (exact) mass is 359 g/mol. The van der Waals surface area contributed by atoms with Gasteiger partial charge < -0.3 is 19.7 Å². The summed E-state index contributed by atoms with van der Waals surface area (Å²) >= 11 is 0. The number of aliphatic imine (C=N–C) groups is 1. The minimum atomic E-state index is 0.372.